The highest BCUT2D eigenvalue weighted by Crippen LogP contribution is 2.10. The van der Waals surface area contributed by atoms with Gasteiger partial charge in [-0.25, -0.2) is 4.98 Å². The van der Waals surface area contributed by atoms with Crippen molar-refractivity contribution in [3.63, 3.8) is 0 Å². The summed E-state index contributed by atoms with van der Waals surface area (Å²) >= 11 is 1.70. The van der Waals surface area contributed by atoms with E-state index in [1.807, 2.05) is 27.0 Å². The molecule has 0 aliphatic rings. The fraction of sp³-hybridized carbons (Fsp3) is 0.636. The topological polar surface area (TPSA) is 54.0 Å². The molecule has 0 atom stereocenters. The average Bonchev–Trinajstić information content (AvgIpc) is 2.63. The fourth-order valence-corrected chi connectivity index (χ4v) is 1.94. The van der Waals surface area contributed by atoms with Gasteiger partial charge in [0.2, 0.25) is 5.91 Å². The van der Waals surface area contributed by atoms with E-state index in [2.05, 4.69) is 15.6 Å². The fourth-order valence-electron chi connectivity index (χ4n) is 1.18. The van der Waals surface area contributed by atoms with Gasteiger partial charge in [0.05, 0.1) is 5.01 Å². The molecule has 0 saturated carbocycles. The number of amides is 1. The van der Waals surface area contributed by atoms with E-state index < -0.39 is 0 Å². The van der Waals surface area contributed by atoms with Crippen molar-refractivity contribution in [2.75, 3.05) is 13.1 Å². The standard InChI is InChI=1S/C11H19N3OS/c1-8(2)11(15)13-5-4-12-6-10-7-14-9(3)16-10/h7-8,12H,4-6H2,1-3H3,(H,13,15). The number of aromatic nitrogens is 1. The van der Waals surface area contributed by atoms with Crippen molar-refractivity contribution in [1.82, 2.24) is 15.6 Å². The minimum absolute atomic E-state index is 0.0594. The number of hydrogen-bond donors (Lipinski definition) is 2. The molecule has 90 valence electrons. The second-order valence-corrected chi connectivity index (χ2v) is 5.29. The molecule has 1 rings (SSSR count). The number of hydrogen-bond acceptors (Lipinski definition) is 4. The Hall–Kier alpha value is -0.940. The average molecular weight is 241 g/mol. The van der Waals surface area contributed by atoms with Crippen molar-refractivity contribution < 1.29 is 4.79 Å². The van der Waals surface area contributed by atoms with Gasteiger partial charge in [-0.1, -0.05) is 13.8 Å². The molecule has 1 aromatic heterocycles. The van der Waals surface area contributed by atoms with Crippen LogP contribution in [0.5, 0.6) is 0 Å². The summed E-state index contributed by atoms with van der Waals surface area (Å²) in [6, 6.07) is 0. The van der Waals surface area contributed by atoms with E-state index >= 15 is 0 Å². The van der Waals surface area contributed by atoms with Gasteiger partial charge < -0.3 is 10.6 Å². The molecule has 0 aliphatic heterocycles. The van der Waals surface area contributed by atoms with Gasteiger partial charge in [-0.2, -0.15) is 0 Å². The van der Waals surface area contributed by atoms with Crippen LogP contribution in [-0.4, -0.2) is 24.0 Å². The van der Waals surface area contributed by atoms with Gasteiger partial charge in [-0.15, -0.1) is 11.3 Å². The van der Waals surface area contributed by atoms with Gasteiger partial charge in [0, 0.05) is 36.6 Å². The first kappa shape index (κ1) is 13.1. The normalized spacial score (nSPS) is 10.8. The summed E-state index contributed by atoms with van der Waals surface area (Å²) in [5.41, 5.74) is 0. The molecule has 16 heavy (non-hydrogen) atoms. The first-order valence-corrected chi connectivity index (χ1v) is 6.31. The summed E-state index contributed by atoms with van der Waals surface area (Å²) in [5.74, 6) is 0.166. The van der Waals surface area contributed by atoms with Gasteiger partial charge in [-0.05, 0) is 6.92 Å². The van der Waals surface area contributed by atoms with E-state index in [4.69, 9.17) is 0 Å². The molecular weight excluding hydrogens is 222 g/mol. The molecule has 1 heterocycles. The lowest BCUT2D eigenvalue weighted by Crippen LogP contribution is -2.33. The Bertz CT molecular complexity index is 336. The summed E-state index contributed by atoms with van der Waals surface area (Å²) in [6.07, 6.45) is 1.89. The van der Waals surface area contributed by atoms with E-state index in [0.29, 0.717) is 6.54 Å². The van der Waals surface area contributed by atoms with E-state index in [9.17, 15) is 4.79 Å². The quantitative estimate of drug-likeness (QED) is 0.738. The highest BCUT2D eigenvalue weighted by Gasteiger charge is 2.04. The van der Waals surface area contributed by atoms with Crippen molar-refractivity contribution in [3.05, 3.63) is 16.1 Å². The van der Waals surface area contributed by atoms with Gasteiger partial charge in [0.25, 0.3) is 0 Å². The Morgan fingerprint density at radius 2 is 2.25 bits per heavy atom. The lowest BCUT2D eigenvalue weighted by atomic mass is 10.2. The first-order chi connectivity index (χ1) is 7.59. The van der Waals surface area contributed by atoms with E-state index in [1.54, 1.807) is 11.3 Å². The van der Waals surface area contributed by atoms with Crippen molar-refractivity contribution in [2.45, 2.75) is 27.3 Å². The van der Waals surface area contributed by atoms with Crippen LogP contribution in [0.1, 0.15) is 23.7 Å². The molecule has 0 spiro atoms. The zero-order valence-corrected chi connectivity index (χ0v) is 10.9. The lowest BCUT2D eigenvalue weighted by Gasteiger charge is -2.07. The van der Waals surface area contributed by atoms with Gasteiger partial charge in [0.15, 0.2) is 0 Å². The number of nitrogens with one attached hydrogen (secondary N) is 2. The number of aryl methyl sites for hydroxylation is 1. The van der Waals surface area contributed by atoms with E-state index in [-0.39, 0.29) is 11.8 Å². The zero-order valence-electron chi connectivity index (χ0n) is 10.0. The molecule has 0 aliphatic carbocycles. The Morgan fingerprint density at radius 3 is 2.81 bits per heavy atom. The van der Waals surface area contributed by atoms with Crippen LogP contribution < -0.4 is 10.6 Å². The van der Waals surface area contributed by atoms with Crippen LogP contribution in [0, 0.1) is 12.8 Å². The van der Waals surface area contributed by atoms with Crippen LogP contribution in [-0.2, 0) is 11.3 Å². The van der Waals surface area contributed by atoms with Gasteiger partial charge in [-0.3, -0.25) is 4.79 Å². The third kappa shape index (κ3) is 4.72. The highest BCUT2D eigenvalue weighted by molar-refractivity contribution is 7.11. The minimum atomic E-state index is 0.0594. The van der Waals surface area contributed by atoms with Gasteiger partial charge in [0.1, 0.15) is 0 Å². The zero-order chi connectivity index (χ0) is 12.0. The van der Waals surface area contributed by atoms with Crippen LogP contribution in [0.25, 0.3) is 0 Å². The Labute approximate surface area is 100 Å². The van der Waals surface area contributed by atoms with Gasteiger partial charge >= 0.3 is 0 Å². The highest BCUT2D eigenvalue weighted by atomic mass is 32.1. The predicted octanol–water partition coefficient (Wildman–Crippen LogP) is 1.31. The molecule has 5 heteroatoms. The number of carbonyl (C=O) groups is 1. The van der Waals surface area contributed by atoms with E-state index in [0.717, 1.165) is 18.1 Å². The molecule has 2 N–H and O–H groups in total. The Morgan fingerprint density at radius 1 is 1.50 bits per heavy atom. The van der Waals surface area contributed by atoms with Crippen molar-refractivity contribution in [1.29, 1.82) is 0 Å². The van der Waals surface area contributed by atoms with Crippen molar-refractivity contribution >= 4 is 17.2 Å². The molecule has 0 fully saturated rings. The second kappa shape index (κ2) is 6.60. The second-order valence-electron chi connectivity index (χ2n) is 3.97. The van der Waals surface area contributed by atoms with Crippen molar-refractivity contribution in [3.8, 4) is 0 Å². The SMILES string of the molecule is Cc1ncc(CNCCNC(=O)C(C)C)s1. The first-order valence-electron chi connectivity index (χ1n) is 5.49. The summed E-state index contributed by atoms with van der Waals surface area (Å²) in [5, 5.41) is 7.21. The monoisotopic (exact) mass is 241 g/mol. The van der Waals surface area contributed by atoms with Crippen LogP contribution >= 0.6 is 11.3 Å². The number of carbonyl (C=O) groups excluding carboxylic acids is 1. The molecule has 0 aromatic carbocycles. The van der Waals surface area contributed by atoms with E-state index in [1.165, 1.54) is 4.88 Å². The largest absolute Gasteiger partial charge is 0.355 e. The minimum Gasteiger partial charge on any atom is -0.355 e. The summed E-state index contributed by atoms with van der Waals surface area (Å²) in [7, 11) is 0. The van der Waals surface area contributed by atoms with Crippen LogP contribution in [0.2, 0.25) is 0 Å². The Kier molecular flexibility index (Phi) is 5.42. The third-order valence-electron chi connectivity index (χ3n) is 2.09. The smallest absolute Gasteiger partial charge is 0.222 e. The maximum atomic E-state index is 11.2. The van der Waals surface area contributed by atoms with Crippen molar-refractivity contribution in [2.24, 2.45) is 5.92 Å². The molecule has 0 radical (unpaired) electrons. The number of rotatable bonds is 6. The number of nitrogens with zero attached hydrogens (tertiary/aromatic N) is 1. The van der Waals surface area contributed by atoms with Crippen LogP contribution in [0.15, 0.2) is 6.20 Å². The molecule has 0 unspecified atom stereocenters. The van der Waals surface area contributed by atoms with Crippen LogP contribution in [0.3, 0.4) is 0 Å². The molecule has 4 nitrogen and oxygen atoms in total. The molecular formula is C11H19N3OS. The number of thiazole rings is 1. The summed E-state index contributed by atoms with van der Waals surface area (Å²) in [4.78, 5) is 16.6. The summed E-state index contributed by atoms with van der Waals surface area (Å²) < 4.78 is 0. The lowest BCUT2D eigenvalue weighted by molar-refractivity contribution is -0.123. The third-order valence-corrected chi connectivity index (χ3v) is 3.01. The predicted molar refractivity (Wildman–Crippen MR) is 66.4 cm³/mol. The maximum absolute atomic E-state index is 11.2. The molecule has 1 amide bonds. The molecule has 0 bridgehead atoms. The molecule has 0 saturated heterocycles. The summed E-state index contributed by atoms with van der Waals surface area (Å²) in [6.45, 7) is 8.07. The molecule has 1 aromatic rings. The Balaban J connectivity index is 2.06. The maximum Gasteiger partial charge on any atom is 0.222 e. The van der Waals surface area contributed by atoms with Crippen LogP contribution in [0.4, 0.5) is 0 Å².